The molecule has 0 aromatic heterocycles. The molecule has 1 saturated carbocycles. The van der Waals surface area contributed by atoms with Crippen LogP contribution in [0, 0.1) is 17.3 Å². The Morgan fingerprint density at radius 2 is 2.22 bits per heavy atom. The Balaban J connectivity index is 1.76. The fourth-order valence-electron chi connectivity index (χ4n) is 3.45. The summed E-state index contributed by atoms with van der Waals surface area (Å²) in [6.45, 7) is 7.21. The van der Waals surface area contributed by atoms with E-state index < -0.39 is 0 Å². The van der Waals surface area contributed by atoms with Gasteiger partial charge in [-0.1, -0.05) is 19.8 Å². The van der Waals surface area contributed by atoms with E-state index in [1.165, 1.54) is 25.7 Å². The molecule has 0 spiro atoms. The molecule has 104 valence electrons. The van der Waals surface area contributed by atoms with Gasteiger partial charge in [-0.05, 0) is 51.0 Å². The summed E-state index contributed by atoms with van der Waals surface area (Å²) in [7, 11) is 0. The normalized spacial score (nSPS) is 37.2. The van der Waals surface area contributed by atoms with Crippen molar-refractivity contribution >= 4 is 5.91 Å². The summed E-state index contributed by atoms with van der Waals surface area (Å²) in [4.78, 5) is 12.3. The maximum absolute atomic E-state index is 12.3. The van der Waals surface area contributed by atoms with Crippen molar-refractivity contribution < 1.29 is 4.79 Å². The molecule has 0 bridgehead atoms. The molecule has 2 aliphatic rings. The van der Waals surface area contributed by atoms with Gasteiger partial charge in [-0.15, -0.1) is 0 Å². The lowest BCUT2D eigenvalue weighted by Crippen LogP contribution is -2.49. The zero-order chi connectivity index (χ0) is 13.0. The van der Waals surface area contributed by atoms with Crippen molar-refractivity contribution in [1.29, 1.82) is 0 Å². The number of carbonyl (C=O) groups is 1. The van der Waals surface area contributed by atoms with Crippen LogP contribution < -0.4 is 10.6 Å². The van der Waals surface area contributed by atoms with Gasteiger partial charge in [-0.2, -0.15) is 0 Å². The third-order valence-electron chi connectivity index (χ3n) is 4.74. The third kappa shape index (κ3) is 3.47. The number of piperidine rings is 1. The second kappa shape index (κ2) is 6.05. The highest BCUT2D eigenvalue weighted by Gasteiger charge is 2.34. The molecule has 1 aliphatic carbocycles. The molecule has 3 nitrogen and oxygen atoms in total. The lowest BCUT2D eigenvalue weighted by atomic mass is 9.80. The minimum Gasteiger partial charge on any atom is -0.355 e. The van der Waals surface area contributed by atoms with E-state index in [0.29, 0.717) is 5.92 Å². The average Bonchev–Trinajstić information content (AvgIpc) is 2.37. The highest BCUT2D eigenvalue weighted by atomic mass is 16.2. The van der Waals surface area contributed by atoms with Gasteiger partial charge >= 0.3 is 0 Å². The summed E-state index contributed by atoms with van der Waals surface area (Å²) in [5.74, 6) is 1.80. The van der Waals surface area contributed by atoms with E-state index in [4.69, 9.17) is 0 Å². The Hall–Kier alpha value is -0.570. The molecule has 1 heterocycles. The van der Waals surface area contributed by atoms with Crippen LogP contribution in [0.4, 0.5) is 0 Å². The summed E-state index contributed by atoms with van der Waals surface area (Å²) in [5.41, 5.74) is -0.182. The first kappa shape index (κ1) is 13.9. The molecule has 0 aromatic carbocycles. The Morgan fingerprint density at radius 1 is 1.39 bits per heavy atom. The number of nitrogens with one attached hydrogen (secondary N) is 2. The Labute approximate surface area is 111 Å². The second-order valence-electron chi connectivity index (χ2n) is 6.69. The number of hydrogen-bond acceptors (Lipinski definition) is 2. The van der Waals surface area contributed by atoms with Crippen LogP contribution in [0.2, 0.25) is 0 Å². The Bertz CT molecular complexity index is 284. The van der Waals surface area contributed by atoms with Gasteiger partial charge in [0.1, 0.15) is 0 Å². The van der Waals surface area contributed by atoms with Crippen LogP contribution in [0.5, 0.6) is 0 Å². The zero-order valence-electron chi connectivity index (χ0n) is 11.9. The number of amides is 1. The van der Waals surface area contributed by atoms with Gasteiger partial charge in [0.05, 0.1) is 5.41 Å². The number of rotatable bonds is 3. The number of carbonyl (C=O) groups excluding carboxylic acids is 1. The lowest BCUT2D eigenvalue weighted by Gasteiger charge is -2.34. The SMILES string of the molecule is CC1CCCC(CNC(=O)C2(C)CCCNC2)C1. The van der Waals surface area contributed by atoms with Crippen molar-refractivity contribution in [3.63, 3.8) is 0 Å². The van der Waals surface area contributed by atoms with Crippen LogP contribution in [0.1, 0.15) is 52.4 Å². The van der Waals surface area contributed by atoms with Crippen LogP contribution in [0.3, 0.4) is 0 Å². The third-order valence-corrected chi connectivity index (χ3v) is 4.74. The summed E-state index contributed by atoms with van der Waals surface area (Å²) >= 11 is 0. The Morgan fingerprint density at radius 3 is 2.89 bits per heavy atom. The van der Waals surface area contributed by atoms with Crippen LogP contribution in [0.15, 0.2) is 0 Å². The topological polar surface area (TPSA) is 41.1 Å². The van der Waals surface area contributed by atoms with Gasteiger partial charge in [0.25, 0.3) is 0 Å². The first-order chi connectivity index (χ1) is 8.60. The summed E-state index contributed by atoms with van der Waals surface area (Å²) in [5, 5.41) is 6.54. The molecule has 18 heavy (non-hydrogen) atoms. The van der Waals surface area contributed by atoms with Crippen LogP contribution in [0.25, 0.3) is 0 Å². The van der Waals surface area contributed by atoms with Crippen molar-refractivity contribution in [2.45, 2.75) is 52.4 Å². The first-order valence-electron chi connectivity index (χ1n) is 7.59. The molecule has 1 saturated heterocycles. The zero-order valence-corrected chi connectivity index (χ0v) is 11.9. The van der Waals surface area contributed by atoms with Gasteiger partial charge in [0.2, 0.25) is 5.91 Å². The highest BCUT2D eigenvalue weighted by Crippen LogP contribution is 2.29. The molecule has 0 aromatic rings. The van der Waals surface area contributed by atoms with E-state index in [9.17, 15) is 4.79 Å². The monoisotopic (exact) mass is 252 g/mol. The lowest BCUT2D eigenvalue weighted by molar-refractivity contribution is -0.131. The maximum atomic E-state index is 12.3. The van der Waals surface area contributed by atoms with Gasteiger partial charge < -0.3 is 10.6 Å². The molecule has 3 unspecified atom stereocenters. The van der Waals surface area contributed by atoms with E-state index in [1.807, 2.05) is 0 Å². The molecule has 2 N–H and O–H groups in total. The smallest absolute Gasteiger partial charge is 0.227 e. The molecular formula is C15H28N2O. The molecule has 0 radical (unpaired) electrons. The minimum absolute atomic E-state index is 0.182. The molecule has 2 rings (SSSR count). The summed E-state index contributed by atoms with van der Waals surface area (Å²) in [6.07, 6.45) is 7.42. The molecule has 1 amide bonds. The van der Waals surface area contributed by atoms with E-state index in [1.54, 1.807) is 0 Å². The molecule has 2 fully saturated rings. The summed E-state index contributed by atoms with van der Waals surface area (Å²) < 4.78 is 0. The summed E-state index contributed by atoms with van der Waals surface area (Å²) in [6, 6.07) is 0. The second-order valence-corrected chi connectivity index (χ2v) is 6.69. The predicted molar refractivity (Wildman–Crippen MR) is 74.3 cm³/mol. The Kier molecular flexibility index (Phi) is 4.66. The fraction of sp³-hybridized carbons (Fsp3) is 0.933. The van der Waals surface area contributed by atoms with Crippen LogP contribution >= 0.6 is 0 Å². The van der Waals surface area contributed by atoms with Gasteiger partial charge in [0, 0.05) is 13.1 Å². The quantitative estimate of drug-likeness (QED) is 0.809. The van der Waals surface area contributed by atoms with Crippen molar-refractivity contribution in [2.75, 3.05) is 19.6 Å². The van der Waals surface area contributed by atoms with Gasteiger partial charge in [0.15, 0.2) is 0 Å². The maximum Gasteiger partial charge on any atom is 0.227 e. The van der Waals surface area contributed by atoms with Gasteiger partial charge in [-0.25, -0.2) is 0 Å². The first-order valence-corrected chi connectivity index (χ1v) is 7.59. The van der Waals surface area contributed by atoms with Crippen LogP contribution in [-0.4, -0.2) is 25.5 Å². The number of hydrogen-bond donors (Lipinski definition) is 2. The molecular weight excluding hydrogens is 224 g/mol. The van der Waals surface area contributed by atoms with E-state index in [0.717, 1.165) is 38.4 Å². The van der Waals surface area contributed by atoms with Crippen molar-refractivity contribution in [1.82, 2.24) is 10.6 Å². The minimum atomic E-state index is -0.182. The average molecular weight is 252 g/mol. The molecule has 3 heteroatoms. The molecule has 3 atom stereocenters. The van der Waals surface area contributed by atoms with E-state index in [-0.39, 0.29) is 11.3 Å². The standard InChI is InChI=1S/C15H28N2O/c1-12-5-3-6-13(9-12)10-17-14(18)15(2)7-4-8-16-11-15/h12-13,16H,3-11H2,1-2H3,(H,17,18). The van der Waals surface area contributed by atoms with E-state index >= 15 is 0 Å². The largest absolute Gasteiger partial charge is 0.355 e. The van der Waals surface area contributed by atoms with Crippen molar-refractivity contribution in [3.8, 4) is 0 Å². The van der Waals surface area contributed by atoms with Gasteiger partial charge in [-0.3, -0.25) is 4.79 Å². The van der Waals surface area contributed by atoms with Crippen LogP contribution in [-0.2, 0) is 4.79 Å². The predicted octanol–water partition coefficient (Wildman–Crippen LogP) is 2.32. The van der Waals surface area contributed by atoms with Crippen molar-refractivity contribution in [2.24, 2.45) is 17.3 Å². The van der Waals surface area contributed by atoms with E-state index in [2.05, 4.69) is 24.5 Å². The fourth-order valence-corrected chi connectivity index (χ4v) is 3.45. The highest BCUT2D eigenvalue weighted by molar-refractivity contribution is 5.82. The molecule has 1 aliphatic heterocycles. The van der Waals surface area contributed by atoms with Crippen molar-refractivity contribution in [3.05, 3.63) is 0 Å².